The van der Waals surface area contributed by atoms with Crippen LogP contribution in [0, 0.1) is 0 Å². The van der Waals surface area contributed by atoms with Crippen molar-refractivity contribution in [2.75, 3.05) is 0 Å². The number of aromatic nitrogens is 2. The zero-order valence-corrected chi connectivity index (χ0v) is 14.3. The number of hydrogen-bond acceptors (Lipinski definition) is 4. The van der Waals surface area contributed by atoms with Gasteiger partial charge in [-0.2, -0.15) is 4.98 Å². The maximum Gasteiger partial charge on any atom is 0.227 e. The van der Waals surface area contributed by atoms with Gasteiger partial charge < -0.3 is 9.84 Å². The molecule has 3 rings (SSSR count). The number of nitrogens with zero attached hydrogens (tertiary/aromatic N) is 2. The van der Waals surface area contributed by atoms with E-state index in [9.17, 15) is 4.79 Å². The van der Waals surface area contributed by atoms with E-state index in [0.717, 1.165) is 24.8 Å². The smallest absolute Gasteiger partial charge is 0.227 e. The Bertz CT molecular complexity index is 658. The number of carbonyl (C=O) groups is 1. The van der Waals surface area contributed by atoms with Gasteiger partial charge in [-0.1, -0.05) is 55.6 Å². The molecule has 2 aromatic rings. The van der Waals surface area contributed by atoms with Crippen LogP contribution >= 0.6 is 0 Å². The van der Waals surface area contributed by atoms with Crippen LogP contribution in [0.4, 0.5) is 0 Å². The summed E-state index contributed by atoms with van der Waals surface area (Å²) in [4.78, 5) is 16.4. The molecule has 1 aliphatic carbocycles. The first kappa shape index (κ1) is 16.7. The number of amides is 1. The molecule has 0 unspecified atom stereocenters. The molecule has 0 atom stereocenters. The second-order valence-corrected chi connectivity index (χ2v) is 6.46. The van der Waals surface area contributed by atoms with E-state index in [1.54, 1.807) is 0 Å². The molecule has 1 saturated carbocycles. The van der Waals surface area contributed by atoms with Gasteiger partial charge in [0, 0.05) is 24.4 Å². The van der Waals surface area contributed by atoms with Crippen LogP contribution in [0.15, 0.2) is 28.8 Å². The molecule has 1 heterocycles. The predicted molar refractivity (Wildman–Crippen MR) is 92.4 cm³/mol. The highest BCUT2D eigenvalue weighted by atomic mass is 16.5. The highest BCUT2D eigenvalue weighted by Gasteiger charge is 2.16. The van der Waals surface area contributed by atoms with Crippen LogP contribution in [0.5, 0.6) is 0 Å². The summed E-state index contributed by atoms with van der Waals surface area (Å²) >= 11 is 0. The maximum atomic E-state index is 12.0. The number of hydrogen-bond donors (Lipinski definition) is 1. The molecule has 128 valence electrons. The molecule has 1 fully saturated rings. The van der Waals surface area contributed by atoms with Gasteiger partial charge in [0.2, 0.25) is 17.6 Å². The van der Waals surface area contributed by atoms with E-state index in [1.165, 1.54) is 24.8 Å². The van der Waals surface area contributed by atoms with Gasteiger partial charge in [-0.15, -0.1) is 0 Å². The second kappa shape index (κ2) is 8.08. The lowest BCUT2D eigenvalue weighted by Gasteiger charge is -2.22. The number of benzene rings is 1. The van der Waals surface area contributed by atoms with Crippen LogP contribution < -0.4 is 5.32 Å². The molecule has 1 aromatic carbocycles. The average Bonchev–Trinajstić information content (AvgIpc) is 3.10. The monoisotopic (exact) mass is 327 g/mol. The summed E-state index contributed by atoms with van der Waals surface area (Å²) in [5, 5.41) is 7.13. The van der Waals surface area contributed by atoms with Crippen LogP contribution in [0.1, 0.15) is 56.9 Å². The molecule has 0 radical (unpaired) electrons. The van der Waals surface area contributed by atoms with Crippen molar-refractivity contribution in [2.24, 2.45) is 0 Å². The van der Waals surface area contributed by atoms with Crippen LogP contribution in [0.25, 0.3) is 11.4 Å². The van der Waals surface area contributed by atoms with E-state index in [-0.39, 0.29) is 5.91 Å². The summed E-state index contributed by atoms with van der Waals surface area (Å²) in [7, 11) is 0. The Labute approximate surface area is 142 Å². The third-order valence-corrected chi connectivity index (χ3v) is 4.62. The largest absolute Gasteiger partial charge is 0.353 e. The average molecular weight is 327 g/mol. The predicted octanol–water partition coefficient (Wildman–Crippen LogP) is 3.68. The van der Waals surface area contributed by atoms with Crippen molar-refractivity contribution < 1.29 is 9.32 Å². The minimum absolute atomic E-state index is 0.0777. The summed E-state index contributed by atoms with van der Waals surface area (Å²) < 4.78 is 5.27. The van der Waals surface area contributed by atoms with Gasteiger partial charge in [-0.25, -0.2) is 0 Å². The molecule has 1 N–H and O–H groups in total. The van der Waals surface area contributed by atoms with Crippen LogP contribution in [0.2, 0.25) is 0 Å². The fraction of sp³-hybridized carbons (Fsp3) is 0.526. The fourth-order valence-electron chi connectivity index (χ4n) is 3.13. The number of nitrogens with one attached hydrogen (secondary N) is 1. The van der Waals surface area contributed by atoms with E-state index in [1.807, 2.05) is 12.1 Å². The van der Waals surface area contributed by atoms with Crippen molar-refractivity contribution in [3.05, 3.63) is 35.7 Å². The van der Waals surface area contributed by atoms with Crippen LogP contribution in [0.3, 0.4) is 0 Å². The molecular weight excluding hydrogens is 302 g/mol. The summed E-state index contributed by atoms with van der Waals surface area (Å²) in [5.41, 5.74) is 2.22. The van der Waals surface area contributed by atoms with Gasteiger partial charge in [0.05, 0.1) is 0 Å². The van der Waals surface area contributed by atoms with Gasteiger partial charge in [-0.05, 0) is 24.8 Å². The van der Waals surface area contributed by atoms with E-state index >= 15 is 0 Å². The first-order valence-corrected chi connectivity index (χ1v) is 8.96. The molecule has 1 aliphatic rings. The molecule has 0 bridgehead atoms. The Morgan fingerprint density at radius 2 is 1.96 bits per heavy atom. The van der Waals surface area contributed by atoms with E-state index in [0.29, 0.717) is 30.6 Å². The highest BCUT2D eigenvalue weighted by molar-refractivity contribution is 5.76. The topological polar surface area (TPSA) is 68.0 Å². The third kappa shape index (κ3) is 4.43. The van der Waals surface area contributed by atoms with Crippen molar-refractivity contribution >= 4 is 5.91 Å². The summed E-state index contributed by atoms with van der Waals surface area (Å²) in [5.74, 6) is 1.18. The quantitative estimate of drug-likeness (QED) is 0.879. The second-order valence-electron chi connectivity index (χ2n) is 6.46. The molecule has 24 heavy (non-hydrogen) atoms. The highest BCUT2D eigenvalue weighted by Crippen LogP contribution is 2.19. The zero-order chi connectivity index (χ0) is 16.8. The Morgan fingerprint density at radius 1 is 1.21 bits per heavy atom. The standard InChI is InChI=1S/C19H25N3O2/c1-2-14-8-10-15(11-9-14)19-21-18(24-22-19)13-12-17(23)20-16-6-4-3-5-7-16/h8-11,16H,2-7,12-13H2,1H3,(H,20,23). The van der Waals surface area contributed by atoms with E-state index in [2.05, 4.69) is 34.5 Å². The Balaban J connectivity index is 1.50. The summed E-state index contributed by atoms with van der Waals surface area (Å²) in [6.07, 6.45) is 7.81. The van der Waals surface area contributed by atoms with Gasteiger partial charge in [0.15, 0.2) is 0 Å². The van der Waals surface area contributed by atoms with Gasteiger partial charge >= 0.3 is 0 Å². The van der Waals surface area contributed by atoms with Crippen molar-refractivity contribution in [1.29, 1.82) is 0 Å². The number of rotatable bonds is 6. The summed E-state index contributed by atoms with van der Waals surface area (Å²) in [6.45, 7) is 2.12. The molecule has 1 aromatic heterocycles. The Morgan fingerprint density at radius 3 is 2.67 bits per heavy atom. The van der Waals surface area contributed by atoms with Crippen molar-refractivity contribution in [2.45, 2.75) is 64.3 Å². The van der Waals surface area contributed by atoms with Crippen LogP contribution in [-0.4, -0.2) is 22.1 Å². The first-order valence-electron chi connectivity index (χ1n) is 8.96. The fourth-order valence-corrected chi connectivity index (χ4v) is 3.13. The molecule has 0 saturated heterocycles. The van der Waals surface area contributed by atoms with Crippen molar-refractivity contribution in [3.63, 3.8) is 0 Å². The maximum absolute atomic E-state index is 12.0. The molecule has 1 amide bonds. The minimum Gasteiger partial charge on any atom is -0.353 e. The third-order valence-electron chi connectivity index (χ3n) is 4.62. The van der Waals surface area contributed by atoms with Crippen LogP contribution in [-0.2, 0) is 17.6 Å². The molecule has 5 heteroatoms. The van der Waals surface area contributed by atoms with Gasteiger partial charge in [-0.3, -0.25) is 4.79 Å². The lowest BCUT2D eigenvalue weighted by atomic mass is 9.95. The van der Waals surface area contributed by atoms with Gasteiger partial charge in [0.1, 0.15) is 0 Å². The number of carbonyl (C=O) groups excluding carboxylic acids is 1. The van der Waals surface area contributed by atoms with Crippen molar-refractivity contribution in [3.8, 4) is 11.4 Å². The molecule has 0 spiro atoms. The SMILES string of the molecule is CCc1ccc(-c2noc(CCC(=O)NC3CCCCC3)n2)cc1. The molecule has 0 aliphatic heterocycles. The van der Waals surface area contributed by atoms with Gasteiger partial charge in [0.25, 0.3) is 0 Å². The van der Waals surface area contributed by atoms with E-state index in [4.69, 9.17) is 4.52 Å². The summed E-state index contributed by atoms with van der Waals surface area (Å²) in [6, 6.07) is 8.50. The number of aryl methyl sites for hydroxylation is 2. The first-order chi connectivity index (χ1) is 11.7. The molecule has 5 nitrogen and oxygen atoms in total. The molecular formula is C19H25N3O2. The zero-order valence-electron chi connectivity index (χ0n) is 14.3. The Kier molecular flexibility index (Phi) is 5.62. The lowest BCUT2D eigenvalue weighted by molar-refractivity contribution is -0.122. The lowest BCUT2D eigenvalue weighted by Crippen LogP contribution is -2.36. The Hall–Kier alpha value is -2.17. The minimum atomic E-state index is 0.0777. The van der Waals surface area contributed by atoms with E-state index < -0.39 is 0 Å². The van der Waals surface area contributed by atoms with Crippen molar-refractivity contribution in [1.82, 2.24) is 15.5 Å². The normalized spacial score (nSPS) is 15.4.